The molecule has 0 bridgehead atoms. The molecule has 0 saturated carbocycles. The maximum absolute atomic E-state index is 10.3. The maximum Gasteiger partial charge on any atom is 0.152 e. The van der Waals surface area contributed by atoms with E-state index in [1.54, 1.807) is 12.1 Å². The van der Waals surface area contributed by atoms with Crippen LogP contribution >= 0.6 is 22.6 Å². The van der Waals surface area contributed by atoms with Gasteiger partial charge in [0.15, 0.2) is 6.29 Å². The minimum atomic E-state index is 0. The average molecular weight is 265 g/mol. The number of anilines is 1. The summed E-state index contributed by atoms with van der Waals surface area (Å²) in [5.74, 6) is 0. The molecule has 0 heterocycles. The number of nitrogen functional groups attached to an aromatic ring is 1. The van der Waals surface area contributed by atoms with Crippen molar-refractivity contribution in [3.63, 3.8) is 0 Å². The van der Waals surface area contributed by atoms with Gasteiger partial charge in [0.25, 0.3) is 0 Å². The van der Waals surface area contributed by atoms with E-state index < -0.39 is 0 Å². The Labute approximate surface area is 78.0 Å². The van der Waals surface area contributed by atoms with Gasteiger partial charge in [-0.15, -0.1) is 0 Å². The Bertz CT molecular complexity index is 263. The molecule has 1 aromatic rings. The lowest BCUT2D eigenvalue weighted by Crippen LogP contribution is -1.92. The first-order valence-electron chi connectivity index (χ1n) is 2.74. The van der Waals surface area contributed by atoms with Gasteiger partial charge in [0.05, 0.1) is 0 Å². The second-order valence-corrected chi connectivity index (χ2v) is 3.14. The lowest BCUT2D eigenvalue weighted by Gasteiger charge is -1.96. The highest BCUT2D eigenvalue weighted by Crippen LogP contribution is 2.12. The molecule has 0 aliphatic heterocycles. The van der Waals surface area contributed by atoms with Crippen LogP contribution in [0.4, 0.5) is 5.69 Å². The molecule has 0 radical (unpaired) electrons. The molecule has 0 aromatic heterocycles. The average Bonchev–Trinajstić information content (AvgIpc) is 1.94. The van der Waals surface area contributed by atoms with Gasteiger partial charge >= 0.3 is 0 Å². The van der Waals surface area contributed by atoms with Crippen molar-refractivity contribution in [2.75, 3.05) is 5.73 Å². The van der Waals surface area contributed by atoms with E-state index in [1.807, 2.05) is 6.07 Å². The first-order valence-corrected chi connectivity index (χ1v) is 3.82. The van der Waals surface area contributed by atoms with Crippen molar-refractivity contribution in [2.24, 2.45) is 0 Å². The number of hydrogen-bond donors (Lipinski definition) is 1. The molecule has 0 aliphatic carbocycles. The molecule has 4 heteroatoms. The first kappa shape index (κ1) is 10.4. The van der Waals surface area contributed by atoms with Gasteiger partial charge < -0.3 is 11.2 Å². The zero-order chi connectivity index (χ0) is 7.56. The minimum Gasteiger partial charge on any atom is -0.412 e. The normalized spacial score (nSPS) is 8.45. The molecule has 0 aliphatic rings. The van der Waals surface area contributed by atoms with Gasteiger partial charge in [0.2, 0.25) is 0 Å². The highest BCUT2D eigenvalue weighted by atomic mass is 127. The van der Waals surface area contributed by atoms with Gasteiger partial charge in [-0.25, -0.2) is 0 Å². The fourth-order valence-corrected chi connectivity index (χ4v) is 1.16. The molecule has 0 atom stereocenters. The molecule has 1 rings (SSSR count). The third kappa shape index (κ3) is 2.47. The van der Waals surface area contributed by atoms with Gasteiger partial charge in [-0.2, -0.15) is 0 Å². The molecular weight excluding hydrogens is 257 g/mol. The lowest BCUT2D eigenvalue weighted by molar-refractivity contribution is 0.112. The summed E-state index contributed by atoms with van der Waals surface area (Å²) in [5.41, 5.74) is 6.56. The van der Waals surface area contributed by atoms with Crippen molar-refractivity contribution in [1.82, 2.24) is 0 Å². The molecule has 0 amide bonds. The number of aldehydes is 1. The standard InChI is InChI=1S/C7H6INO.H2O/c8-6-1-2-7(9)5(3-6)4-10;/h1-4H,9H2;1H2. The van der Waals surface area contributed by atoms with Crippen LogP contribution in [-0.4, -0.2) is 11.8 Å². The van der Waals surface area contributed by atoms with Crippen molar-refractivity contribution in [2.45, 2.75) is 0 Å². The monoisotopic (exact) mass is 265 g/mol. The van der Waals surface area contributed by atoms with Crippen LogP contribution in [0.25, 0.3) is 0 Å². The molecule has 3 nitrogen and oxygen atoms in total. The molecule has 11 heavy (non-hydrogen) atoms. The number of carbonyl (C=O) groups is 1. The van der Waals surface area contributed by atoms with E-state index in [0.29, 0.717) is 11.3 Å². The van der Waals surface area contributed by atoms with E-state index in [1.165, 1.54) is 0 Å². The quantitative estimate of drug-likeness (QED) is 0.464. The number of nitrogens with two attached hydrogens (primary N) is 1. The lowest BCUT2D eigenvalue weighted by atomic mass is 10.2. The molecule has 4 N–H and O–H groups in total. The largest absolute Gasteiger partial charge is 0.412 e. The van der Waals surface area contributed by atoms with Gasteiger partial charge in [0, 0.05) is 14.8 Å². The van der Waals surface area contributed by atoms with Crippen LogP contribution in [0.5, 0.6) is 0 Å². The van der Waals surface area contributed by atoms with Gasteiger partial charge in [-0.3, -0.25) is 4.79 Å². The molecule has 60 valence electrons. The molecule has 0 spiro atoms. The molecule has 0 unspecified atom stereocenters. The Kier molecular flexibility index (Phi) is 4.06. The fourth-order valence-electron chi connectivity index (χ4n) is 0.648. The summed E-state index contributed by atoms with van der Waals surface area (Å²) in [5, 5.41) is 0. The summed E-state index contributed by atoms with van der Waals surface area (Å²) in [7, 11) is 0. The first-order chi connectivity index (χ1) is 4.74. The van der Waals surface area contributed by atoms with Crippen LogP contribution in [0.1, 0.15) is 10.4 Å². The SMILES string of the molecule is Nc1ccc(I)cc1C=O.O. The van der Waals surface area contributed by atoms with E-state index in [0.717, 1.165) is 9.86 Å². The predicted octanol–water partition coefficient (Wildman–Crippen LogP) is 0.861. The Hall–Kier alpha value is -0.620. The Morgan fingerprint density at radius 2 is 2.09 bits per heavy atom. The smallest absolute Gasteiger partial charge is 0.152 e. The summed E-state index contributed by atoms with van der Waals surface area (Å²) in [4.78, 5) is 10.3. The summed E-state index contributed by atoms with van der Waals surface area (Å²) in [6, 6.07) is 5.34. The van der Waals surface area contributed by atoms with Crippen molar-refractivity contribution in [3.8, 4) is 0 Å². The molecular formula is C7H8INO2. The van der Waals surface area contributed by atoms with Crippen LogP contribution in [0.15, 0.2) is 18.2 Å². The second kappa shape index (κ2) is 4.30. The topological polar surface area (TPSA) is 74.6 Å². The highest BCUT2D eigenvalue weighted by molar-refractivity contribution is 14.1. The van der Waals surface area contributed by atoms with Crippen molar-refractivity contribution >= 4 is 34.6 Å². The van der Waals surface area contributed by atoms with Crippen LogP contribution in [-0.2, 0) is 0 Å². The number of rotatable bonds is 1. The Morgan fingerprint density at radius 3 is 2.55 bits per heavy atom. The fraction of sp³-hybridized carbons (Fsp3) is 0. The van der Waals surface area contributed by atoms with Crippen molar-refractivity contribution in [3.05, 3.63) is 27.3 Å². The Balaban J connectivity index is 0.000001000. The maximum atomic E-state index is 10.3. The molecule has 0 fully saturated rings. The number of halogens is 1. The third-order valence-corrected chi connectivity index (χ3v) is 1.85. The van der Waals surface area contributed by atoms with Crippen LogP contribution < -0.4 is 5.73 Å². The van der Waals surface area contributed by atoms with Crippen molar-refractivity contribution < 1.29 is 10.3 Å². The zero-order valence-corrected chi connectivity index (χ0v) is 7.83. The van der Waals surface area contributed by atoms with E-state index in [4.69, 9.17) is 5.73 Å². The molecule has 1 aromatic carbocycles. The van der Waals surface area contributed by atoms with Crippen LogP contribution in [0, 0.1) is 3.57 Å². The number of benzene rings is 1. The van der Waals surface area contributed by atoms with E-state index in [9.17, 15) is 4.79 Å². The number of carbonyl (C=O) groups excluding carboxylic acids is 1. The van der Waals surface area contributed by atoms with E-state index in [-0.39, 0.29) is 5.48 Å². The summed E-state index contributed by atoms with van der Waals surface area (Å²) in [6.07, 6.45) is 0.761. The predicted molar refractivity (Wildman–Crippen MR) is 52.6 cm³/mol. The highest BCUT2D eigenvalue weighted by Gasteiger charge is 1.95. The minimum absolute atomic E-state index is 0. The summed E-state index contributed by atoms with van der Waals surface area (Å²) >= 11 is 2.13. The Morgan fingerprint density at radius 1 is 1.45 bits per heavy atom. The zero-order valence-electron chi connectivity index (χ0n) is 5.67. The second-order valence-electron chi connectivity index (χ2n) is 1.89. The number of hydrogen-bond acceptors (Lipinski definition) is 2. The van der Waals surface area contributed by atoms with Gasteiger partial charge in [-0.05, 0) is 40.8 Å². The van der Waals surface area contributed by atoms with Crippen LogP contribution in [0.2, 0.25) is 0 Å². The summed E-state index contributed by atoms with van der Waals surface area (Å²) in [6.45, 7) is 0. The molecule has 0 saturated heterocycles. The van der Waals surface area contributed by atoms with E-state index >= 15 is 0 Å². The van der Waals surface area contributed by atoms with Gasteiger partial charge in [0.1, 0.15) is 0 Å². The van der Waals surface area contributed by atoms with Crippen molar-refractivity contribution in [1.29, 1.82) is 0 Å². The third-order valence-electron chi connectivity index (χ3n) is 1.18. The summed E-state index contributed by atoms with van der Waals surface area (Å²) < 4.78 is 1.02. The van der Waals surface area contributed by atoms with E-state index in [2.05, 4.69) is 22.6 Å². The van der Waals surface area contributed by atoms with Gasteiger partial charge in [-0.1, -0.05) is 0 Å². The van der Waals surface area contributed by atoms with Crippen LogP contribution in [0.3, 0.4) is 0 Å².